The maximum absolute atomic E-state index is 11.2. The topological polar surface area (TPSA) is 85.8 Å². The van der Waals surface area contributed by atoms with E-state index in [-0.39, 0.29) is 5.09 Å². The van der Waals surface area contributed by atoms with E-state index < -0.39 is 10.0 Å². The molecule has 0 saturated carbocycles. The number of hydrogen-bond donors (Lipinski definition) is 1. The molecule has 6 nitrogen and oxygen atoms in total. The van der Waals surface area contributed by atoms with Gasteiger partial charge < -0.3 is 9.15 Å². The molecule has 0 spiro atoms. The van der Waals surface area contributed by atoms with Crippen molar-refractivity contribution < 1.29 is 17.6 Å². The minimum atomic E-state index is -3.76. The largest absolute Gasteiger partial charge is 0.433 e. The highest BCUT2D eigenvalue weighted by atomic mass is 32.2. The van der Waals surface area contributed by atoms with Crippen LogP contribution in [-0.4, -0.2) is 39.6 Å². The van der Waals surface area contributed by atoms with Gasteiger partial charge in [0.05, 0.1) is 13.2 Å². The number of primary sulfonamides is 1. The number of sulfonamides is 1. The van der Waals surface area contributed by atoms with E-state index in [1.54, 1.807) is 0 Å². The number of morpholine rings is 1. The van der Waals surface area contributed by atoms with Crippen LogP contribution in [0.2, 0.25) is 0 Å². The van der Waals surface area contributed by atoms with Crippen LogP contribution < -0.4 is 5.14 Å². The number of rotatable bonds is 3. The number of hydrogen-bond acceptors (Lipinski definition) is 6. The Labute approximate surface area is 114 Å². The zero-order valence-corrected chi connectivity index (χ0v) is 11.8. The molecule has 2 aromatic heterocycles. The van der Waals surface area contributed by atoms with Crippen LogP contribution in [0.4, 0.5) is 0 Å². The summed E-state index contributed by atoms with van der Waals surface area (Å²) < 4.78 is 32.9. The molecule has 1 aliphatic rings. The van der Waals surface area contributed by atoms with Gasteiger partial charge in [0, 0.05) is 36.0 Å². The summed E-state index contributed by atoms with van der Waals surface area (Å²) in [6.45, 7) is 4.19. The Morgan fingerprint density at radius 3 is 2.68 bits per heavy atom. The molecule has 0 radical (unpaired) electrons. The van der Waals surface area contributed by atoms with Crippen LogP contribution in [0, 0.1) is 0 Å². The van der Waals surface area contributed by atoms with Gasteiger partial charge in [-0.25, -0.2) is 13.6 Å². The molecule has 0 unspecified atom stereocenters. The summed E-state index contributed by atoms with van der Waals surface area (Å²) >= 11 is 1.46. The zero-order chi connectivity index (χ0) is 13.5. The molecule has 8 heteroatoms. The first-order valence-corrected chi connectivity index (χ1v) is 8.24. The van der Waals surface area contributed by atoms with Crippen LogP contribution in [0.5, 0.6) is 0 Å². The third-order valence-electron chi connectivity index (χ3n) is 3.01. The fraction of sp³-hybridized carbons (Fsp3) is 0.455. The molecule has 1 fully saturated rings. The zero-order valence-electron chi connectivity index (χ0n) is 10.2. The van der Waals surface area contributed by atoms with E-state index in [0.717, 1.165) is 43.1 Å². The molecule has 2 aromatic rings. The number of fused-ring (bicyclic) bond motifs is 1. The Morgan fingerprint density at radius 1 is 1.32 bits per heavy atom. The predicted molar refractivity (Wildman–Crippen MR) is 71.6 cm³/mol. The molecule has 2 N–H and O–H groups in total. The van der Waals surface area contributed by atoms with Gasteiger partial charge in [0.15, 0.2) is 4.90 Å². The van der Waals surface area contributed by atoms with E-state index in [2.05, 4.69) is 4.90 Å². The lowest BCUT2D eigenvalue weighted by atomic mass is 10.3. The van der Waals surface area contributed by atoms with Gasteiger partial charge >= 0.3 is 0 Å². The van der Waals surface area contributed by atoms with Gasteiger partial charge in [-0.1, -0.05) is 0 Å². The van der Waals surface area contributed by atoms with Gasteiger partial charge in [-0.2, -0.15) is 0 Å². The molecule has 1 saturated heterocycles. The smallest absolute Gasteiger partial charge is 0.271 e. The van der Waals surface area contributed by atoms with E-state index >= 15 is 0 Å². The van der Waals surface area contributed by atoms with Gasteiger partial charge in [-0.15, -0.1) is 11.3 Å². The predicted octanol–water partition coefficient (Wildman–Crippen LogP) is 0.974. The standard InChI is InChI=1S/C11H14N2O4S2/c12-19(14,15)10-6-8-5-9(18-11(8)17-10)7-13-1-3-16-4-2-13/h5-6H,1-4,7H2,(H2,12,14,15). The fourth-order valence-electron chi connectivity index (χ4n) is 2.07. The quantitative estimate of drug-likeness (QED) is 0.913. The molecule has 0 bridgehead atoms. The molecule has 3 heterocycles. The third kappa shape index (κ3) is 2.82. The van der Waals surface area contributed by atoms with Gasteiger partial charge in [-0.3, -0.25) is 4.90 Å². The highest BCUT2D eigenvalue weighted by Crippen LogP contribution is 2.31. The molecule has 19 heavy (non-hydrogen) atoms. The van der Waals surface area contributed by atoms with Gasteiger partial charge in [-0.05, 0) is 6.07 Å². The minimum Gasteiger partial charge on any atom is -0.433 e. The van der Waals surface area contributed by atoms with Crippen LogP contribution in [0.25, 0.3) is 10.3 Å². The molecular weight excluding hydrogens is 288 g/mol. The SMILES string of the molecule is NS(=O)(=O)c1cc2cc(CN3CCOCC3)sc2o1. The van der Waals surface area contributed by atoms with E-state index in [1.165, 1.54) is 17.4 Å². The van der Waals surface area contributed by atoms with Crippen LogP contribution in [0.1, 0.15) is 4.88 Å². The minimum absolute atomic E-state index is 0.174. The second kappa shape index (κ2) is 4.88. The Hall–Kier alpha value is -0.930. The maximum atomic E-state index is 11.2. The molecule has 1 aliphatic heterocycles. The van der Waals surface area contributed by atoms with Crippen molar-refractivity contribution in [3.8, 4) is 0 Å². The number of nitrogens with zero attached hydrogens (tertiary/aromatic N) is 1. The van der Waals surface area contributed by atoms with Gasteiger partial charge in [0.25, 0.3) is 10.0 Å². The van der Waals surface area contributed by atoms with E-state index in [1.807, 2.05) is 6.07 Å². The molecule has 0 aliphatic carbocycles. The second-order valence-corrected chi connectivity index (χ2v) is 7.05. The molecule has 104 valence electrons. The van der Waals surface area contributed by atoms with Crippen LogP contribution in [0.15, 0.2) is 21.6 Å². The Kier molecular flexibility index (Phi) is 3.35. The lowest BCUT2D eigenvalue weighted by Crippen LogP contribution is -2.35. The maximum Gasteiger partial charge on any atom is 0.271 e. The summed E-state index contributed by atoms with van der Waals surface area (Å²) in [7, 11) is -3.76. The van der Waals surface area contributed by atoms with Crippen molar-refractivity contribution in [2.75, 3.05) is 26.3 Å². The molecule has 0 amide bonds. The van der Waals surface area contributed by atoms with Crippen LogP contribution >= 0.6 is 11.3 Å². The summed E-state index contributed by atoms with van der Waals surface area (Å²) in [5, 5.41) is 5.64. The molecule has 3 rings (SSSR count). The summed E-state index contributed by atoms with van der Waals surface area (Å²) in [4.78, 5) is 4.05. The third-order valence-corrected chi connectivity index (χ3v) is 4.78. The molecular formula is C11H14N2O4S2. The van der Waals surface area contributed by atoms with E-state index in [4.69, 9.17) is 14.3 Å². The number of thiophene rings is 1. The summed E-state index contributed by atoms with van der Waals surface area (Å²) in [6.07, 6.45) is 0. The van der Waals surface area contributed by atoms with Crippen LogP contribution in [0.3, 0.4) is 0 Å². The Bertz CT molecular complexity index is 651. The lowest BCUT2D eigenvalue weighted by molar-refractivity contribution is 0.0346. The highest BCUT2D eigenvalue weighted by Gasteiger charge is 2.18. The fourth-order valence-corrected chi connectivity index (χ4v) is 3.65. The normalized spacial score (nSPS) is 18.2. The van der Waals surface area contributed by atoms with Crippen molar-refractivity contribution in [3.63, 3.8) is 0 Å². The first kappa shape index (κ1) is 13.1. The summed E-state index contributed by atoms with van der Waals surface area (Å²) in [5.41, 5.74) is 0. The van der Waals surface area contributed by atoms with Crippen molar-refractivity contribution in [1.82, 2.24) is 4.90 Å². The Morgan fingerprint density at radius 2 is 2.05 bits per heavy atom. The second-order valence-electron chi connectivity index (χ2n) is 4.45. The van der Waals surface area contributed by atoms with Crippen molar-refractivity contribution in [3.05, 3.63) is 17.0 Å². The summed E-state index contributed by atoms with van der Waals surface area (Å²) in [6, 6.07) is 3.43. The number of ether oxygens (including phenoxy) is 1. The van der Waals surface area contributed by atoms with Crippen molar-refractivity contribution >= 4 is 31.6 Å². The highest BCUT2D eigenvalue weighted by molar-refractivity contribution is 7.89. The number of nitrogens with two attached hydrogens (primary N) is 1. The van der Waals surface area contributed by atoms with E-state index in [9.17, 15) is 8.42 Å². The van der Waals surface area contributed by atoms with Crippen LogP contribution in [-0.2, 0) is 21.3 Å². The van der Waals surface area contributed by atoms with Gasteiger partial charge in [0.1, 0.15) is 0 Å². The van der Waals surface area contributed by atoms with E-state index in [0.29, 0.717) is 4.90 Å². The lowest BCUT2D eigenvalue weighted by Gasteiger charge is -2.25. The Balaban J connectivity index is 1.81. The van der Waals surface area contributed by atoms with Gasteiger partial charge in [0.2, 0.25) is 5.09 Å². The first-order valence-electron chi connectivity index (χ1n) is 5.87. The van der Waals surface area contributed by atoms with Crippen molar-refractivity contribution in [2.45, 2.75) is 11.6 Å². The number of furan rings is 1. The average Bonchev–Trinajstić information content (AvgIpc) is 2.87. The molecule has 0 atom stereocenters. The van der Waals surface area contributed by atoms with Crippen molar-refractivity contribution in [2.24, 2.45) is 5.14 Å². The molecule has 0 aromatic carbocycles. The summed E-state index contributed by atoms with van der Waals surface area (Å²) in [5.74, 6) is 0. The first-order chi connectivity index (χ1) is 9.02. The monoisotopic (exact) mass is 302 g/mol. The van der Waals surface area contributed by atoms with Crippen molar-refractivity contribution in [1.29, 1.82) is 0 Å². The average molecular weight is 302 g/mol.